The average Bonchev–Trinajstić information content (AvgIpc) is 2.41. The van der Waals surface area contributed by atoms with Gasteiger partial charge in [-0.3, -0.25) is 14.3 Å². The highest BCUT2D eigenvalue weighted by atomic mass is 16.4. The molecule has 7 heteroatoms. The van der Waals surface area contributed by atoms with Crippen LogP contribution in [0.15, 0.2) is 15.7 Å². The van der Waals surface area contributed by atoms with Gasteiger partial charge in [0, 0.05) is 12.2 Å². The summed E-state index contributed by atoms with van der Waals surface area (Å²) >= 11 is 0. The van der Waals surface area contributed by atoms with Crippen molar-refractivity contribution in [3.8, 4) is 0 Å². The topological polar surface area (TPSA) is 105 Å². The van der Waals surface area contributed by atoms with Crippen molar-refractivity contribution in [1.82, 2.24) is 14.5 Å². The molecule has 0 aliphatic rings. The smallest absolute Gasteiger partial charge is 0.336 e. The molecule has 2 aromatic heterocycles. The fourth-order valence-electron chi connectivity index (χ4n) is 2.11. The lowest BCUT2D eigenvalue weighted by Crippen LogP contribution is -2.32. The molecule has 7 nitrogen and oxygen atoms in total. The van der Waals surface area contributed by atoms with E-state index in [1.807, 2.05) is 13.8 Å². The van der Waals surface area contributed by atoms with E-state index in [9.17, 15) is 19.5 Å². The second-order valence-corrected chi connectivity index (χ2v) is 4.43. The number of hydrogen-bond acceptors (Lipinski definition) is 4. The standard InChI is InChI=1S/C13H15N3O4/c1-3-5-16-10-9(11(17)15-13(16)20)8(12(18)19)6-7(4-2)14-10/h6H,3-5H2,1-2H3,(H,18,19)(H,15,17,20). The number of pyridine rings is 1. The summed E-state index contributed by atoms with van der Waals surface area (Å²) in [7, 11) is 0. The van der Waals surface area contributed by atoms with Crippen molar-refractivity contribution in [2.45, 2.75) is 33.2 Å². The van der Waals surface area contributed by atoms with Crippen LogP contribution in [0.1, 0.15) is 36.3 Å². The molecule has 2 N–H and O–H groups in total. The summed E-state index contributed by atoms with van der Waals surface area (Å²) in [6.45, 7) is 4.08. The number of aromatic carboxylic acids is 1. The molecule has 0 fully saturated rings. The summed E-state index contributed by atoms with van der Waals surface area (Å²) in [6, 6.07) is 1.38. The first-order valence-corrected chi connectivity index (χ1v) is 6.39. The number of aromatic nitrogens is 3. The SMILES string of the molecule is CCCn1c(=O)[nH]c(=O)c2c(C(=O)O)cc(CC)nc21. The Bertz CT molecular complexity index is 789. The third-order valence-electron chi connectivity index (χ3n) is 3.04. The lowest BCUT2D eigenvalue weighted by molar-refractivity contribution is 0.0698. The number of carboxylic acids is 1. The number of nitrogens with one attached hydrogen (secondary N) is 1. The van der Waals surface area contributed by atoms with Gasteiger partial charge in [0.05, 0.1) is 10.9 Å². The predicted molar refractivity (Wildman–Crippen MR) is 73.3 cm³/mol. The van der Waals surface area contributed by atoms with Gasteiger partial charge in [0.25, 0.3) is 5.56 Å². The van der Waals surface area contributed by atoms with E-state index in [0.29, 0.717) is 25.1 Å². The van der Waals surface area contributed by atoms with Gasteiger partial charge >= 0.3 is 11.7 Å². The Morgan fingerprint density at radius 3 is 2.65 bits per heavy atom. The molecule has 0 unspecified atom stereocenters. The van der Waals surface area contributed by atoms with Gasteiger partial charge in [-0.15, -0.1) is 0 Å². The molecule has 0 saturated heterocycles. The Hall–Kier alpha value is -2.44. The molecule has 0 amide bonds. The highest BCUT2D eigenvalue weighted by Gasteiger charge is 2.18. The highest BCUT2D eigenvalue weighted by Crippen LogP contribution is 2.14. The van der Waals surface area contributed by atoms with Crippen LogP contribution in [0.5, 0.6) is 0 Å². The predicted octanol–water partition coefficient (Wildman–Crippen LogP) is 0.755. The molecule has 20 heavy (non-hydrogen) atoms. The summed E-state index contributed by atoms with van der Waals surface area (Å²) in [5.41, 5.74) is -0.744. The normalized spacial score (nSPS) is 10.9. The summed E-state index contributed by atoms with van der Waals surface area (Å²) in [6.07, 6.45) is 1.19. The molecule has 2 rings (SSSR count). The average molecular weight is 277 g/mol. The summed E-state index contributed by atoms with van der Waals surface area (Å²) in [5, 5.41) is 9.20. The van der Waals surface area contributed by atoms with E-state index in [1.54, 1.807) is 0 Å². The number of carboxylic acid groups (broad SMARTS) is 1. The summed E-state index contributed by atoms with van der Waals surface area (Å²) < 4.78 is 1.31. The minimum Gasteiger partial charge on any atom is -0.478 e. The third kappa shape index (κ3) is 2.22. The Kier molecular flexibility index (Phi) is 3.69. The zero-order valence-corrected chi connectivity index (χ0v) is 11.3. The maximum atomic E-state index is 11.9. The maximum Gasteiger partial charge on any atom is 0.336 e. The van der Waals surface area contributed by atoms with Gasteiger partial charge in [-0.25, -0.2) is 14.6 Å². The minimum absolute atomic E-state index is 0.0530. The number of fused-ring (bicyclic) bond motifs is 1. The lowest BCUT2D eigenvalue weighted by Gasteiger charge is -2.10. The van der Waals surface area contributed by atoms with Gasteiger partial charge in [-0.2, -0.15) is 0 Å². The van der Waals surface area contributed by atoms with Gasteiger partial charge in [-0.1, -0.05) is 13.8 Å². The van der Waals surface area contributed by atoms with E-state index < -0.39 is 17.2 Å². The first-order valence-electron chi connectivity index (χ1n) is 6.39. The highest BCUT2D eigenvalue weighted by molar-refractivity contribution is 6.01. The molecule has 106 valence electrons. The minimum atomic E-state index is -1.21. The molecule has 0 aliphatic carbocycles. The quantitative estimate of drug-likeness (QED) is 0.858. The van der Waals surface area contributed by atoms with E-state index in [4.69, 9.17) is 0 Å². The first kappa shape index (κ1) is 14.0. The second kappa shape index (κ2) is 5.28. The van der Waals surface area contributed by atoms with E-state index in [1.165, 1.54) is 10.6 Å². The van der Waals surface area contributed by atoms with Gasteiger partial charge < -0.3 is 5.11 Å². The van der Waals surface area contributed by atoms with Crippen LogP contribution in [0.2, 0.25) is 0 Å². The number of carbonyl (C=O) groups is 1. The van der Waals surface area contributed by atoms with Crippen LogP contribution in [0.3, 0.4) is 0 Å². The molecule has 0 saturated carbocycles. The molecule has 2 aromatic rings. The molecular formula is C13H15N3O4. The van der Waals surface area contributed by atoms with Crippen LogP contribution < -0.4 is 11.2 Å². The monoisotopic (exact) mass is 277 g/mol. The summed E-state index contributed by atoms with van der Waals surface area (Å²) in [5.74, 6) is -1.21. The third-order valence-corrected chi connectivity index (χ3v) is 3.04. The lowest BCUT2D eigenvalue weighted by atomic mass is 10.1. The molecule has 0 atom stereocenters. The van der Waals surface area contributed by atoms with Gasteiger partial charge in [0.2, 0.25) is 0 Å². The Balaban J connectivity index is 3.02. The van der Waals surface area contributed by atoms with Crippen molar-refractivity contribution < 1.29 is 9.90 Å². The molecule has 0 spiro atoms. The van der Waals surface area contributed by atoms with E-state index in [2.05, 4.69) is 9.97 Å². The Morgan fingerprint density at radius 2 is 2.10 bits per heavy atom. The molecule has 0 bridgehead atoms. The zero-order chi connectivity index (χ0) is 14.9. The van der Waals surface area contributed by atoms with Crippen molar-refractivity contribution in [1.29, 1.82) is 0 Å². The summed E-state index contributed by atoms with van der Waals surface area (Å²) in [4.78, 5) is 41.5. The first-order chi connectivity index (χ1) is 9.49. The number of aromatic amines is 1. The fraction of sp³-hybridized carbons (Fsp3) is 0.385. The van der Waals surface area contributed by atoms with Gasteiger partial charge in [0.1, 0.15) is 0 Å². The molecule has 0 aromatic carbocycles. The molecule has 2 heterocycles. The van der Waals surface area contributed by atoms with Crippen LogP contribution in [-0.4, -0.2) is 25.6 Å². The van der Waals surface area contributed by atoms with Crippen molar-refractivity contribution >= 4 is 17.0 Å². The number of H-pyrrole nitrogens is 1. The van der Waals surface area contributed by atoms with Crippen molar-refractivity contribution in [2.75, 3.05) is 0 Å². The molecular weight excluding hydrogens is 262 g/mol. The number of nitrogens with zero attached hydrogens (tertiary/aromatic N) is 2. The number of rotatable bonds is 4. The van der Waals surface area contributed by atoms with E-state index in [-0.39, 0.29) is 16.6 Å². The number of hydrogen-bond donors (Lipinski definition) is 2. The second-order valence-electron chi connectivity index (χ2n) is 4.43. The molecule has 0 aliphatic heterocycles. The van der Waals surface area contributed by atoms with Crippen LogP contribution in [0.25, 0.3) is 11.0 Å². The largest absolute Gasteiger partial charge is 0.478 e. The van der Waals surface area contributed by atoms with Crippen LogP contribution in [0.4, 0.5) is 0 Å². The van der Waals surface area contributed by atoms with E-state index >= 15 is 0 Å². The zero-order valence-electron chi connectivity index (χ0n) is 11.3. The Morgan fingerprint density at radius 1 is 1.40 bits per heavy atom. The van der Waals surface area contributed by atoms with Gasteiger partial charge in [0.15, 0.2) is 5.65 Å². The molecule has 0 radical (unpaired) electrons. The Labute approximate surface area is 113 Å². The van der Waals surface area contributed by atoms with Crippen molar-refractivity contribution in [3.63, 3.8) is 0 Å². The number of aryl methyl sites for hydroxylation is 2. The van der Waals surface area contributed by atoms with Crippen LogP contribution >= 0.6 is 0 Å². The van der Waals surface area contributed by atoms with Crippen molar-refractivity contribution in [2.24, 2.45) is 0 Å². The van der Waals surface area contributed by atoms with Crippen molar-refractivity contribution in [3.05, 3.63) is 38.2 Å². The fourth-order valence-corrected chi connectivity index (χ4v) is 2.11. The van der Waals surface area contributed by atoms with E-state index in [0.717, 1.165) is 0 Å². The van der Waals surface area contributed by atoms with Gasteiger partial charge in [-0.05, 0) is 18.9 Å². The van der Waals surface area contributed by atoms with Crippen LogP contribution in [0, 0.1) is 0 Å². The van der Waals surface area contributed by atoms with Crippen LogP contribution in [-0.2, 0) is 13.0 Å². The maximum absolute atomic E-state index is 11.9.